The maximum Gasteiger partial charge on any atom is 4.00 e. The SMILES string of the molecule is O.O.O.O.O=[N+]([O-])[O-].O=[N+]([O-])[O-].O=[N+]([O-])[O-].O=[N+]([O-])[O-].[Th+4]. The number of hydrogen-bond acceptors (Lipinski definition) is 12. The van der Waals surface area contributed by atoms with Crippen molar-refractivity contribution >= 4 is 0 Å². The van der Waals surface area contributed by atoms with Crippen LogP contribution in [0.5, 0.6) is 0 Å². The fourth-order valence-electron chi connectivity index (χ4n) is 0. The molecule has 0 aliphatic heterocycles. The quantitative estimate of drug-likeness (QED) is 0.204. The van der Waals surface area contributed by atoms with Crippen molar-refractivity contribution in [3.05, 3.63) is 61.3 Å². The second-order valence-electron chi connectivity index (χ2n) is 0.894. The molecule has 0 saturated carbocycles. The van der Waals surface area contributed by atoms with E-state index in [-0.39, 0.29) is 61.8 Å². The normalized spacial score (nSPS) is 4.57. The summed E-state index contributed by atoms with van der Waals surface area (Å²) >= 11 is 0. The van der Waals surface area contributed by atoms with Gasteiger partial charge in [0.15, 0.2) is 0 Å². The summed E-state index contributed by atoms with van der Waals surface area (Å²) in [6.45, 7) is 0. The van der Waals surface area contributed by atoms with Gasteiger partial charge in [-0.1, -0.05) is 0 Å². The summed E-state index contributed by atoms with van der Waals surface area (Å²) in [7, 11) is 0. The largest absolute Gasteiger partial charge is 4.00 e. The van der Waals surface area contributed by atoms with Gasteiger partial charge in [-0.25, -0.2) is 0 Å². The minimum Gasteiger partial charge on any atom is -0.412 e. The predicted octanol–water partition coefficient (Wildman–Crippen LogP) is -4.26. The van der Waals surface area contributed by atoms with Gasteiger partial charge in [-0.3, -0.25) is 0 Å². The first-order valence-corrected chi connectivity index (χ1v) is 2.19. The molecule has 0 aliphatic rings. The first kappa shape index (κ1) is 61.6. The minimum atomic E-state index is -1.75. The molecular formula is H8N4O16Th. The molecule has 0 saturated heterocycles. The Morgan fingerprint density at radius 2 is 0.381 bits per heavy atom. The molecule has 0 amide bonds. The Morgan fingerprint density at radius 3 is 0.381 bits per heavy atom. The van der Waals surface area contributed by atoms with Crippen molar-refractivity contribution in [1.29, 1.82) is 0 Å². The van der Waals surface area contributed by atoms with Crippen molar-refractivity contribution in [3.8, 4) is 0 Å². The third kappa shape index (κ3) is 1110. The van der Waals surface area contributed by atoms with Crippen molar-refractivity contribution < 1.29 is 82.2 Å². The molecule has 21 heavy (non-hydrogen) atoms. The third-order valence-corrected chi connectivity index (χ3v) is 0. The van der Waals surface area contributed by atoms with Gasteiger partial charge in [-0.05, 0) is 0 Å². The van der Waals surface area contributed by atoms with Crippen molar-refractivity contribution in [2.45, 2.75) is 0 Å². The van der Waals surface area contributed by atoms with Gasteiger partial charge in [0.25, 0.3) is 0 Å². The Morgan fingerprint density at radius 1 is 0.381 bits per heavy atom. The van der Waals surface area contributed by atoms with Crippen LogP contribution >= 0.6 is 0 Å². The Kier molecular flexibility index (Phi) is 153. The molecule has 0 aromatic rings. The second-order valence-corrected chi connectivity index (χ2v) is 0.894. The molecule has 21 heteroatoms. The van der Waals surface area contributed by atoms with Crippen LogP contribution in [0, 0.1) is 101 Å². The van der Waals surface area contributed by atoms with Crippen molar-refractivity contribution in [2.24, 2.45) is 0 Å². The minimum absolute atomic E-state index is 0. The van der Waals surface area contributed by atoms with E-state index >= 15 is 0 Å². The zero-order chi connectivity index (χ0) is 14.3. The zero-order valence-electron chi connectivity index (χ0n) is 9.19. The Balaban J connectivity index is -0.0000000121. The molecule has 0 fully saturated rings. The van der Waals surface area contributed by atoms with E-state index in [4.69, 9.17) is 61.3 Å². The van der Waals surface area contributed by atoms with Crippen LogP contribution in [0.2, 0.25) is 0 Å². The van der Waals surface area contributed by atoms with Gasteiger partial charge in [0.1, 0.15) is 0 Å². The standard InChI is InChI=1S/4NO3.4H2O.Th/c4*2-1(3)4;;;;;/h;;;;4*1H2;/q4*-1;;;;;+4. The van der Waals surface area contributed by atoms with Gasteiger partial charge < -0.3 is 83.2 Å². The van der Waals surface area contributed by atoms with E-state index in [0.717, 1.165) is 0 Å². The summed E-state index contributed by atoms with van der Waals surface area (Å²) in [5.41, 5.74) is 0. The summed E-state index contributed by atoms with van der Waals surface area (Å²) < 4.78 is 0. The molecule has 0 atom stereocenters. The van der Waals surface area contributed by atoms with Crippen LogP contribution in [0.25, 0.3) is 0 Å². The van der Waals surface area contributed by atoms with E-state index in [1.165, 1.54) is 0 Å². The van der Waals surface area contributed by atoms with E-state index in [9.17, 15) is 0 Å². The van der Waals surface area contributed by atoms with E-state index in [1.54, 1.807) is 0 Å². The van der Waals surface area contributed by atoms with Gasteiger partial charge in [0.2, 0.25) is 0 Å². The molecule has 0 heterocycles. The molecule has 8 N–H and O–H groups in total. The molecule has 0 unspecified atom stereocenters. The summed E-state index contributed by atoms with van der Waals surface area (Å²) in [6, 6.07) is 0. The smallest absolute Gasteiger partial charge is 0.412 e. The summed E-state index contributed by atoms with van der Waals surface area (Å²) in [5.74, 6) is 0. The third-order valence-electron chi connectivity index (χ3n) is 0. The maximum absolute atomic E-state index is 8.25. The van der Waals surface area contributed by atoms with Gasteiger partial charge in [0.05, 0.1) is 20.3 Å². The number of hydrogen-bond donors (Lipinski definition) is 0. The first-order chi connectivity index (χ1) is 6.93. The van der Waals surface area contributed by atoms with Crippen LogP contribution in [-0.4, -0.2) is 42.3 Å². The Bertz CT molecular complexity index is 160. The summed E-state index contributed by atoms with van der Waals surface area (Å²) in [5, 5.41) is 59.0. The van der Waals surface area contributed by atoms with Crippen LogP contribution in [0.4, 0.5) is 0 Å². The van der Waals surface area contributed by atoms with Gasteiger partial charge >= 0.3 is 39.9 Å². The average Bonchev–Trinajstić information content (AvgIpc) is 1.76. The molecule has 0 aromatic carbocycles. The molecule has 0 aliphatic carbocycles. The number of rotatable bonds is 0. The van der Waals surface area contributed by atoms with E-state index in [1.807, 2.05) is 0 Å². The first-order valence-electron chi connectivity index (χ1n) is 2.19. The molecule has 0 radical (unpaired) electrons. The molecule has 20 nitrogen and oxygen atoms in total. The molecule has 0 aromatic heterocycles. The molecule has 0 bridgehead atoms. The summed E-state index contributed by atoms with van der Waals surface area (Å²) in [4.78, 5) is 33.0. The topological polar surface area (TPSA) is 391 Å². The van der Waals surface area contributed by atoms with Crippen LogP contribution in [-0.2, 0) is 0 Å². The van der Waals surface area contributed by atoms with Gasteiger partial charge in [-0.2, -0.15) is 0 Å². The Hall–Kier alpha value is -2.04. The van der Waals surface area contributed by atoms with E-state index in [2.05, 4.69) is 0 Å². The maximum atomic E-state index is 8.25. The summed E-state index contributed by atoms with van der Waals surface area (Å²) in [6.07, 6.45) is 0. The predicted molar refractivity (Wildman–Crippen MR) is 55.9 cm³/mol. The fourth-order valence-corrected chi connectivity index (χ4v) is 0. The molecule has 0 rings (SSSR count). The van der Waals surface area contributed by atoms with Gasteiger partial charge in [-0.15, -0.1) is 0 Å². The van der Waals surface area contributed by atoms with Crippen LogP contribution < -0.4 is 0 Å². The van der Waals surface area contributed by atoms with Crippen molar-refractivity contribution in [2.75, 3.05) is 0 Å². The molecular weight excluding hydrogens is 544 g/mol. The number of nitrogens with zero attached hydrogens (tertiary/aromatic N) is 4. The van der Waals surface area contributed by atoms with Gasteiger partial charge in [0, 0.05) is 0 Å². The zero-order valence-corrected chi connectivity index (χ0v) is 13.3. The monoisotopic (exact) mass is 552 g/mol. The van der Waals surface area contributed by atoms with Crippen molar-refractivity contribution in [3.63, 3.8) is 0 Å². The van der Waals surface area contributed by atoms with E-state index in [0.29, 0.717) is 0 Å². The van der Waals surface area contributed by atoms with Crippen molar-refractivity contribution in [1.82, 2.24) is 0 Å². The molecule has 128 valence electrons. The fraction of sp³-hybridized carbons (Fsp3) is 0. The van der Waals surface area contributed by atoms with E-state index < -0.39 is 20.3 Å². The Labute approximate surface area is 143 Å². The van der Waals surface area contributed by atoms with Crippen LogP contribution in [0.1, 0.15) is 0 Å². The second kappa shape index (κ2) is 52.1. The average molecular weight is 552 g/mol. The van der Waals surface area contributed by atoms with Crippen LogP contribution in [0.15, 0.2) is 0 Å². The molecule has 0 spiro atoms. The van der Waals surface area contributed by atoms with Crippen LogP contribution in [0.3, 0.4) is 0 Å².